The van der Waals surface area contributed by atoms with Gasteiger partial charge in [-0.3, -0.25) is 0 Å². The van der Waals surface area contributed by atoms with Crippen LogP contribution in [0.4, 0.5) is 0 Å². The van der Waals surface area contributed by atoms with Crippen molar-refractivity contribution >= 4 is 11.3 Å². The Morgan fingerprint density at radius 1 is 1.35 bits per heavy atom. The Morgan fingerprint density at radius 2 is 2.30 bits per heavy atom. The van der Waals surface area contributed by atoms with Gasteiger partial charge in [0, 0.05) is 18.0 Å². The summed E-state index contributed by atoms with van der Waals surface area (Å²) in [5.74, 6) is 2.20. The molecule has 5 heteroatoms. The molecule has 0 atom stereocenters. The first kappa shape index (κ1) is 13.3. The molecule has 0 saturated heterocycles. The van der Waals surface area contributed by atoms with Crippen molar-refractivity contribution in [1.82, 2.24) is 5.32 Å². The molecule has 1 aromatic carbocycles. The van der Waals surface area contributed by atoms with Crippen molar-refractivity contribution in [2.45, 2.75) is 13.0 Å². The van der Waals surface area contributed by atoms with Gasteiger partial charge in [0.15, 0.2) is 11.5 Å². The molecule has 1 N–H and O–H groups in total. The highest BCUT2D eigenvalue weighted by atomic mass is 32.1. The fourth-order valence-corrected chi connectivity index (χ4v) is 2.89. The normalized spacial score (nSPS) is 12.7. The minimum absolute atomic E-state index is 0.265. The fraction of sp³-hybridized carbons (Fsp3) is 0.333. The van der Waals surface area contributed by atoms with Gasteiger partial charge in [0.05, 0.1) is 7.11 Å². The summed E-state index contributed by atoms with van der Waals surface area (Å²) < 4.78 is 16.1. The molecule has 0 bridgehead atoms. The van der Waals surface area contributed by atoms with Crippen molar-refractivity contribution in [2.24, 2.45) is 0 Å². The van der Waals surface area contributed by atoms with Gasteiger partial charge in [-0.2, -0.15) is 0 Å². The lowest BCUT2D eigenvalue weighted by Gasteiger charge is -2.09. The van der Waals surface area contributed by atoms with Crippen LogP contribution in [-0.4, -0.2) is 20.4 Å². The molecule has 0 spiro atoms. The summed E-state index contributed by atoms with van der Waals surface area (Å²) in [6.45, 7) is 2.01. The van der Waals surface area contributed by atoms with Gasteiger partial charge in [-0.1, -0.05) is 6.07 Å². The molecule has 3 rings (SSSR count). The lowest BCUT2D eigenvalue weighted by molar-refractivity contribution is 0.171. The minimum Gasteiger partial charge on any atom is -0.493 e. The van der Waals surface area contributed by atoms with Crippen molar-refractivity contribution in [1.29, 1.82) is 0 Å². The average molecular weight is 291 g/mol. The molecule has 20 heavy (non-hydrogen) atoms. The first-order valence-electron chi connectivity index (χ1n) is 6.56. The number of nitrogens with one attached hydrogen (secondary N) is 1. The molecule has 1 aliphatic rings. The van der Waals surface area contributed by atoms with Crippen LogP contribution in [0.1, 0.15) is 10.4 Å². The van der Waals surface area contributed by atoms with E-state index in [4.69, 9.17) is 14.2 Å². The molecular formula is C15H17NO3S. The molecule has 106 valence electrons. The van der Waals surface area contributed by atoms with Crippen molar-refractivity contribution in [3.05, 3.63) is 40.1 Å². The van der Waals surface area contributed by atoms with Gasteiger partial charge in [0.2, 0.25) is 12.5 Å². The van der Waals surface area contributed by atoms with Gasteiger partial charge in [-0.25, -0.2) is 0 Å². The van der Waals surface area contributed by atoms with E-state index in [1.807, 2.05) is 12.1 Å². The molecule has 0 amide bonds. The van der Waals surface area contributed by atoms with Crippen LogP contribution in [0.3, 0.4) is 0 Å². The number of hydrogen-bond acceptors (Lipinski definition) is 5. The molecule has 4 nitrogen and oxygen atoms in total. The first-order valence-corrected chi connectivity index (χ1v) is 7.44. The highest BCUT2D eigenvalue weighted by molar-refractivity contribution is 7.09. The predicted molar refractivity (Wildman–Crippen MR) is 78.8 cm³/mol. The van der Waals surface area contributed by atoms with Gasteiger partial charge in [0.25, 0.3) is 0 Å². The zero-order chi connectivity index (χ0) is 13.8. The van der Waals surface area contributed by atoms with Crippen LogP contribution in [0.15, 0.2) is 29.6 Å². The Bertz CT molecular complexity index is 569. The van der Waals surface area contributed by atoms with Crippen LogP contribution >= 0.6 is 11.3 Å². The standard InChI is InChI=1S/C15H17NO3S/c1-17-13-7-11(8-14-15(13)19-10-18-14)9-16-5-4-12-3-2-6-20-12/h2-3,6-8,16H,4-5,9-10H2,1H3. The monoisotopic (exact) mass is 291 g/mol. The highest BCUT2D eigenvalue weighted by Crippen LogP contribution is 2.41. The van der Waals surface area contributed by atoms with E-state index in [9.17, 15) is 0 Å². The molecule has 2 heterocycles. The van der Waals surface area contributed by atoms with Gasteiger partial charge in [-0.05, 0) is 35.6 Å². The molecular weight excluding hydrogens is 274 g/mol. The lowest BCUT2D eigenvalue weighted by atomic mass is 10.2. The molecule has 1 aromatic heterocycles. The van der Waals surface area contributed by atoms with Crippen LogP contribution in [0.2, 0.25) is 0 Å². The number of hydrogen-bond donors (Lipinski definition) is 1. The minimum atomic E-state index is 0.265. The van der Waals surface area contributed by atoms with E-state index in [1.165, 1.54) is 4.88 Å². The van der Waals surface area contributed by atoms with Gasteiger partial charge < -0.3 is 19.5 Å². The van der Waals surface area contributed by atoms with E-state index in [0.717, 1.165) is 36.6 Å². The molecule has 0 fully saturated rings. The molecule has 0 saturated carbocycles. The van der Waals surface area contributed by atoms with Gasteiger partial charge in [0.1, 0.15) is 0 Å². The maximum atomic E-state index is 5.42. The third-order valence-electron chi connectivity index (χ3n) is 3.18. The average Bonchev–Trinajstić information content (AvgIpc) is 3.13. The van der Waals surface area contributed by atoms with E-state index >= 15 is 0 Å². The molecule has 0 aliphatic carbocycles. The zero-order valence-corrected chi connectivity index (χ0v) is 12.2. The molecule has 0 radical (unpaired) electrons. The van der Waals surface area contributed by atoms with Gasteiger partial charge in [-0.15, -0.1) is 11.3 Å². The Labute approximate surface area is 122 Å². The number of benzene rings is 1. The topological polar surface area (TPSA) is 39.7 Å². The number of rotatable bonds is 6. The molecule has 1 aliphatic heterocycles. The smallest absolute Gasteiger partial charge is 0.231 e. The lowest BCUT2D eigenvalue weighted by Crippen LogP contribution is -2.16. The quantitative estimate of drug-likeness (QED) is 0.831. The summed E-state index contributed by atoms with van der Waals surface area (Å²) in [4.78, 5) is 1.40. The molecule has 0 unspecified atom stereocenters. The summed E-state index contributed by atoms with van der Waals surface area (Å²) >= 11 is 1.80. The van der Waals surface area contributed by atoms with Crippen LogP contribution in [-0.2, 0) is 13.0 Å². The third kappa shape index (κ3) is 2.89. The predicted octanol–water partition coefficient (Wildman–Crippen LogP) is 2.82. The third-order valence-corrected chi connectivity index (χ3v) is 4.11. The van der Waals surface area contributed by atoms with Gasteiger partial charge >= 0.3 is 0 Å². The Balaban J connectivity index is 1.57. The maximum absolute atomic E-state index is 5.42. The Hall–Kier alpha value is -1.72. The van der Waals surface area contributed by atoms with E-state index in [1.54, 1.807) is 18.4 Å². The van der Waals surface area contributed by atoms with E-state index in [0.29, 0.717) is 5.75 Å². The van der Waals surface area contributed by atoms with E-state index < -0.39 is 0 Å². The first-order chi connectivity index (χ1) is 9.86. The molecule has 2 aromatic rings. The summed E-state index contributed by atoms with van der Waals surface area (Å²) in [6, 6.07) is 8.24. The number of thiophene rings is 1. The van der Waals surface area contributed by atoms with Crippen molar-refractivity contribution in [3.63, 3.8) is 0 Å². The summed E-state index contributed by atoms with van der Waals surface area (Å²) in [5, 5.41) is 5.55. The van der Waals surface area contributed by atoms with E-state index in [2.05, 4.69) is 22.8 Å². The zero-order valence-electron chi connectivity index (χ0n) is 11.3. The van der Waals surface area contributed by atoms with E-state index in [-0.39, 0.29) is 6.79 Å². The fourth-order valence-electron chi connectivity index (χ4n) is 2.19. The van der Waals surface area contributed by atoms with Crippen molar-refractivity contribution < 1.29 is 14.2 Å². The summed E-state index contributed by atoms with van der Waals surface area (Å²) in [7, 11) is 1.64. The van der Waals surface area contributed by atoms with Crippen LogP contribution < -0.4 is 19.5 Å². The Kier molecular flexibility index (Phi) is 4.08. The summed E-state index contributed by atoms with van der Waals surface area (Å²) in [6.07, 6.45) is 1.05. The number of fused-ring (bicyclic) bond motifs is 1. The second-order valence-corrected chi connectivity index (χ2v) is 5.57. The SMILES string of the molecule is COc1cc(CNCCc2cccs2)cc2c1OCO2. The van der Waals surface area contributed by atoms with Crippen LogP contribution in [0.25, 0.3) is 0 Å². The van der Waals surface area contributed by atoms with Crippen molar-refractivity contribution in [3.8, 4) is 17.2 Å². The maximum Gasteiger partial charge on any atom is 0.231 e. The second kappa shape index (κ2) is 6.15. The second-order valence-electron chi connectivity index (χ2n) is 4.54. The van der Waals surface area contributed by atoms with Crippen LogP contribution in [0.5, 0.6) is 17.2 Å². The highest BCUT2D eigenvalue weighted by Gasteiger charge is 2.19. The summed E-state index contributed by atoms with van der Waals surface area (Å²) in [5.41, 5.74) is 1.14. The number of methoxy groups -OCH3 is 1. The van der Waals surface area contributed by atoms with Crippen LogP contribution in [0, 0.1) is 0 Å². The Morgan fingerprint density at radius 3 is 3.10 bits per heavy atom. The number of ether oxygens (including phenoxy) is 3. The van der Waals surface area contributed by atoms with Crippen molar-refractivity contribution in [2.75, 3.05) is 20.4 Å². The largest absolute Gasteiger partial charge is 0.493 e.